The lowest BCUT2D eigenvalue weighted by molar-refractivity contribution is -0.731. The van der Waals surface area contributed by atoms with E-state index < -0.39 is 0 Å². The molecule has 0 aliphatic rings. The molecule has 0 saturated carbocycles. The Bertz CT molecular complexity index is 789. The topological polar surface area (TPSA) is 58.4 Å². The van der Waals surface area contributed by atoms with E-state index in [2.05, 4.69) is 64.6 Å². The van der Waals surface area contributed by atoms with E-state index >= 15 is 0 Å². The average molecular weight is 384 g/mol. The van der Waals surface area contributed by atoms with Crippen LogP contribution in [0.2, 0.25) is 0 Å². The number of nitrogens with zero attached hydrogens (tertiary/aromatic N) is 1. The Morgan fingerprint density at radius 3 is 2.36 bits per heavy atom. The third-order valence-electron chi connectivity index (χ3n) is 4.44. The molecule has 0 unspecified atom stereocenters. The molecule has 0 spiro atoms. The lowest BCUT2D eigenvalue weighted by Gasteiger charge is -2.04. The van der Waals surface area contributed by atoms with Gasteiger partial charge in [-0.3, -0.25) is 0 Å². The number of aliphatic hydroxyl groups is 1. The van der Waals surface area contributed by atoms with Gasteiger partial charge in [-0.05, 0) is 25.1 Å². The quantitative estimate of drug-likeness (QED) is 0.334. The first kappa shape index (κ1) is 21.7. The fourth-order valence-corrected chi connectivity index (χ4v) is 3.31. The molecule has 6 heteroatoms. The van der Waals surface area contributed by atoms with Crippen molar-refractivity contribution in [1.82, 2.24) is 4.57 Å². The number of halogens is 2. The summed E-state index contributed by atoms with van der Waals surface area (Å²) in [6.07, 6.45) is 0. The number of hydrogen-bond acceptors (Lipinski definition) is 1. The van der Waals surface area contributed by atoms with E-state index in [1.54, 1.807) is 0 Å². The minimum Gasteiger partial charge on any atom is -1.00 e. The van der Waals surface area contributed by atoms with Crippen molar-refractivity contribution in [3.63, 3.8) is 0 Å². The van der Waals surface area contributed by atoms with E-state index in [-0.39, 0.29) is 31.4 Å². The maximum Gasteiger partial charge on any atom is 0.125 e. The molecule has 3 aromatic rings. The van der Waals surface area contributed by atoms with Crippen LogP contribution < -0.4 is 35.4 Å². The van der Waals surface area contributed by atoms with Gasteiger partial charge >= 0.3 is 0 Å². The largest absolute Gasteiger partial charge is 1.00 e. The van der Waals surface area contributed by atoms with Gasteiger partial charge in [0.25, 0.3) is 0 Å². The van der Waals surface area contributed by atoms with E-state index in [0.717, 1.165) is 32.7 Å². The molecule has 0 fully saturated rings. The molecule has 1 aromatic heterocycles. The molecule has 0 bridgehead atoms. The number of nitrogens with two attached hydrogens (primary N) is 2. The Morgan fingerprint density at radius 1 is 0.880 bits per heavy atom. The zero-order chi connectivity index (χ0) is 16.1. The number of para-hydroxylation sites is 1. The van der Waals surface area contributed by atoms with Gasteiger partial charge < -0.3 is 45.1 Å². The summed E-state index contributed by atoms with van der Waals surface area (Å²) in [4.78, 5) is 0. The SMILES string of the molecule is CCn1c2ccccc2c2cc(C[NH2+]CC[NH2+]CCO)ccc21.[Cl-].[Cl-]. The van der Waals surface area contributed by atoms with E-state index in [9.17, 15) is 0 Å². The lowest BCUT2D eigenvalue weighted by atomic mass is 10.1. The predicted molar refractivity (Wildman–Crippen MR) is 94.4 cm³/mol. The summed E-state index contributed by atoms with van der Waals surface area (Å²) in [6.45, 7) is 7.41. The average Bonchev–Trinajstić information content (AvgIpc) is 2.91. The fraction of sp³-hybridized carbons (Fsp3) is 0.368. The van der Waals surface area contributed by atoms with Crippen LogP contribution in [0.1, 0.15) is 12.5 Å². The molecule has 0 aliphatic heterocycles. The second kappa shape index (κ2) is 10.6. The minimum absolute atomic E-state index is 0. The number of aliphatic hydroxyl groups excluding tert-OH is 1. The van der Waals surface area contributed by atoms with Crippen LogP contribution in [0.25, 0.3) is 21.8 Å². The minimum atomic E-state index is 0. The number of quaternary nitrogens is 2. The molecule has 0 amide bonds. The van der Waals surface area contributed by atoms with Crippen molar-refractivity contribution in [3.8, 4) is 0 Å². The zero-order valence-electron chi connectivity index (χ0n) is 14.6. The number of benzene rings is 2. The second-order valence-electron chi connectivity index (χ2n) is 5.98. The van der Waals surface area contributed by atoms with Crippen molar-refractivity contribution >= 4 is 21.8 Å². The van der Waals surface area contributed by atoms with E-state index in [4.69, 9.17) is 5.11 Å². The number of fused-ring (bicyclic) bond motifs is 3. The molecule has 4 nitrogen and oxygen atoms in total. The molecule has 0 saturated heterocycles. The summed E-state index contributed by atoms with van der Waals surface area (Å²) in [5, 5.41) is 16.0. The Labute approximate surface area is 161 Å². The van der Waals surface area contributed by atoms with Gasteiger partial charge in [0.1, 0.15) is 19.6 Å². The van der Waals surface area contributed by atoms with Crippen LogP contribution in [0.5, 0.6) is 0 Å². The van der Waals surface area contributed by atoms with E-state index in [1.165, 1.54) is 27.4 Å². The van der Waals surface area contributed by atoms with Crippen LogP contribution in [-0.4, -0.2) is 35.9 Å². The molecule has 0 aliphatic carbocycles. The summed E-state index contributed by atoms with van der Waals surface area (Å²) in [6, 6.07) is 15.5. The highest BCUT2D eigenvalue weighted by Crippen LogP contribution is 2.29. The molecule has 1 heterocycles. The molecule has 5 N–H and O–H groups in total. The number of aromatic nitrogens is 1. The van der Waals surface area contributed by atoms with E-state index in [0.29, 0.717) is 0 Å². The van der Waals surface area contributed by atoms with Crippen molar-refractivity contribution in [2.75, 3.05) is 26.2 Å². The Hall–Kier alpha value is -1.30. The molecule has 25 heavy (non-hydrogen) atoms. The molecular weight excluding hydrogens is 357 g/mol. The Balaban J connectivity index is 0.00000156. The first-order chi connectivity index (χ1) is 11.3. The zero-order valence-corrected chi connectivity index (χ0v) is 16.1. The Morgan fingerprint density at radius 2 is 1.60 bits per heavy atom. The highest BCUT2D eigenvalue weighted by atomic mass is 35.5. The van der Waals surface area contributed by atoms with Crippen molar-refractivity contribution in [2.24, 2.45) is 0 Å². The van der Waals surface area contributed by atoms with Gasteiger partial charge in [-0.25, -0.2) is 0 Å². The molecule has 2 aromatic carbocycles. The van der Waals surface area contributed by atoms with Gasteiger partial charge in [0.05, 0.1) is 13.2 Å². The molecule has 0 radical (unpaired) electrons. The van der Waals surface area contributed by atoms with Crippen LogP contribution in [0.3, 0.4) is 0 Å². The number of aryl methyl sites for hydroxylation is 1. The van der Waals surface area contributed by atoms with Crippen LogP contribution >= 0.6 is 0 Å². The van der Waals surface area contributed by atoms with Crippen LogP contribution in [0, 0.1) is 0 Å². The van der Waals surface area contributed by atoms with Gasteiger partial charge in [-0.2, -0.15) is 0 Å². The van der Waals surface area contributed by atoms with Crippen LogP contribution in [-0.2, 0) is 13.1 Å². The van der Waals surface area contributed by atoms with Crippen LogP contribution in [0.4, 0.5) is 0 Å². The van der Waals surface area contributed by atoms with Gasteiger partial charge in [0.15, 0.2) is 0 Å². The summed E-state index contributed by atoms with van der Waals surface area (Å²) < 4.78 is 2.39. The van der Waals surface area contributed by atoms with Gasteiger partial charge in [0.2, 0.25) is 0 Å². The second-order valence-corrected chi connectivity index (χ2v) is 5.98. The third kappa shape index (κ3) is 4.87. The summed E-state index contributed by atoms with van der Waals surface area (Å²) in [5.41, 5.74) is 4.03. The smallest absolute Gasteiger partial charge is 0.125 e. The summed E-state index contributed by atoms with van der Waals surface area (Å²) >= 11 is 0. The normalized spacial score (nSPS) is 10.6. The van der Waals surface area contributed by atoms with Crippen molar-refractivity contribution < 1.29 is 40.6 Å². The number of rotatable bonds is 8. The fourth-order valence-electron chi connectivity index (χ4n) is 3.31. The predicted octanol–water partition coefficient (Wildman–Crippen LogP) is -5.56. The molecule has 3 rings (SSSR count). The van der Waals surface area contributed by atoms with Crippen molar-refractivity contribution in [3.05, 3.63) is 48.0 Å². The molecule has 0 atom stereocenters. The van der Waals surface area contributed by atoms with Crippen molar-refractivity contribution in [2.45, 2.75) is 20.0 Å². The highest BCUT2D eigenvalue weighted by molar-refractivity contribution is 6.08. The molecular formula is C19H27Cl2N3O. The van der Waals surface area contributed by atoms with Gasteiger partial charge in [-0.15, -0.1) is 0 Å². The Kier molecular flexibility index (Phi) is 9.25. The lowest BCUT2D eigenvalue weighted by Crippen LogP contribution is -3.00. The van der Waals surface area contributed by atoms with Gasteiger partial charge in [0, 0.05) is 33.9 Å². The summed E-state index contributed by atoms with van der Waals surface area (Å²) in [7, 11) is 0. The monoisotopic (exact) mass is 383 g/mol. The first-order valence-corrected chi connectivity index (χ1v) is 8.59. The third-order valence-corrected chi connectivity index (χ3v) is 4.44. The standard InChI is InChI=1S/C19H25N3O.2ClH/c1-2-22-18-6-4-3-5-16(18)17-13-15(7-8-19(17)22)14-21-10-9-20-11-12-23;;/h3-8,13,20-21,23H,2,9-12,14H2,1H3;2*1H. The number of hydrogen-bond donors (Lipinski definition) is 3. The maximum atomic E-state index is 8.77. The molecule has 138 valence electrons. The summed E-state index contributed by atoms with van der Waals surface area (Å²) in [5.74, 6) is 0. The van der Waals surface area contributed by atoms with E-state index in [1.807, 2.05) is 0 Å². The maximum absolute atomic E-state index is 8.77. The first-order valence-electron chi connectivity index (χ1n) is 8.59. The van der Waals surface area contributed by atoms with Crippen molar-refractivity contribution in [1.29, 1.82) is 0 Å². The van der Waals surface area contributed by atoms with Gasteiger partial charge in [-0.1, -0.05) is 24.3 Å². The highest BCUT2D eigenvalue weighted by Gasteiger charge is 2.09. The van der Waals surface area contributed by atoms with Crippen LogP contribution in [0.15, 0.2) is 42.5 Å².